The van der Waals surface area contributed by atoms with Crippen LogP contribution in [0.5, 0.6) is 0 Å². The van der Waals surface area contributed by atoms with Gasteiger partial charge >= 0.3 is 0 Å². The second kappa shape index (κ2) is 16.5. The van der Waals surface area contributed by atoms with Crippen LogP contribution in [0.3, 0.4) is 0 Å². The van der Waals surface area contributed by atoms with E-state index in [0.717, 1.165) is 66.8 Å². The molecule has 0 spiro atoms. The molecule has 1 aliphatic carbocycles. The van der Waals surface area contributed by atoms with Gasteiger partial charge in [-0.3, -0.25) is 0 Å². The number of hydrogen-bond donors (Lipinski definition) is 0. The minimum atomic E-state index is -0.594. The Bertz CT molecular complexity index is 4130. The van der Waals surface area contributed by atoms with Crippen molar-refractivity contribution in [2.24, 2.45) is 0 Å². The number of benzene rings is 12. The molecule has 2 nitrogen and oxygen atoms in total. The fourth-order valence-electron chi connectivity index (χ4n) is 11.9. The van der Waals surface area contributed by atoms with Crippen molar-refractivity contribution >= 4 is 60.5 Å². The Morgan fingerprint density at radius 3 is 1.65 bits per heavy atom. The number of anilines is 3. The summed E-state index contributed by atoms with van der Waals surface area (Å²) in [7, 11) is 0. The molecule has 0 bridgehead atoms. The highest BCUT2D eigenvalue weighted by molar-refractivity contribution is 6.15. The first kappa shape index (κ1) is 40.8. The number of fused-ring (bicyclic) bond motifs is 9. The van der Waals surface area contributed by atoms with Gasteiger partial charge in [-0.05, 0) is 96.4 Å². The molecule has 13 aromatic rings. The lowest BCUT2D eigenvalue weighted by Crippen LogP contribution is -2.28. The molecule has 0 N–H and O–H groups in total. The lowest BCUT2D eigenvalue weighted by molar-refractivity contribution is 0.670. The molecule has 12 aromatic carbocycles. The van der Waals surface area contributed by atoms with Crippen LogP contribution in [0.1, 0.15) is 22.3 Å². The van der Waals surface area contributed by atoms with Crippen LogP contribution < -0.4 is 4.90 Å². The Labute approximate surface area is 413 Å². The zero-order valence-corrected chi connectivity index (χ0v) is 38.8. The Kier molecular flexibility index (Phi) is 9.47. The molecule has 332 valence electrons. The van der Waals surface area contributed by atoms with E-state index < -0.39 is 5.41 Å². The van der Waals surface area contributed by atoms with E-state index in [4.69, 9.17) is 4.42 Å². The highest BCUT2D eigenvalue weighted by atomic mass is 16.3. The fraction of sp³-hybridized carbons (Fsp3) is 0.0145. The maximum atomic E-state index is 6.86. The molecule has 71 heavy (non-hydrogen) atoms. The van der Waals surface area contributed by atoms with Gasteiger partial charge in [0.05, 0.1) is 22.5 Å². The minimum absolute atomic E-state index is 0.594. The Morgan fingerprint density at radius 2 is 0.859 bits per heavy atom. The monoisotopic (exact) mass is 903 g/mol. The summed E-state index contributed by atoms with van der Waals surface area (Å²) in [6.45, 7) is 0. The maximum Gasteiger partial charge on any atom is 0.143 e. The van der Waals surface area contributed by atoms with Crippen LogP contribution in [0.2, 0.25) is 0 Å². The third kappa shape index (κ3) is 6.28. The standard InChI is InChI=1S/C69H45NO/c1-4-22-46(23-5-1)52-43-42-48(60-44-47-24-10-11-29-51(47)53-30-12-13-31-54(53)60)45-65(52)70(63-39-18-15-32-55(63)57-35-20-36-58-56-33-16-19-41-66(56)71-68(57)58)64-40-21-38-62-67(64)59-34-14-17-37-61(59)69(62,49-25-6-2-7-26-49)50-27-8-3-9-28-50/h1-45H. The molecule has 1 heterocycles. The summed E-state index contributed by atoms with van der Waals surface area (Å²) < 4.78 is 6.86. The lowest BCUT2D eigenvalue weighted by atomic mass is 9.68. The van der Waals surface area contributed by atoms with Gasteiger partial charge in [-0.25, -0.2) is 0 Å². The summed E-state index contributed by atoms with van der Waals surface area (Å²) in [5.41, 5.74) is 18.4. The van der Waals surface area contributed by atoms with E-state index in [9.17, 15) is 0 Å². The van der Waals surface area contributed by atoms with Crippen molar-refractivity contribution in [3.8, 4) is 44.5 Å². The predicted molar refractivity (Wildman–Crippen MR) is 297 cm³/mol. The van der Waals surface area contributed by atoms with Gasteiger partial charge in [0, 0.05) is 33.0 Å². The molecule has 0 atom stereocenters. The maximum absolute atomic E-state index is 6.86. The van der Waals surface area contributed by atoms with Gasteiger partial charge in [-0.1, -0.05) is 243 Å². The summed E-state index contributed by atoms with van der Waals surface area (Å²) >= 11 is 0. The van der Waals surface area contributed by atoms with E-state index in [0.29, 0.717) is 0 Å². The quantitative estimate of drug-likeness (QED) is 0.141. The average Bonchev–Trinajstić information content (AvgIpc) is 3.99. The van der Waals surface area contributed by atoms with Crippen molar-refractivity contribution in [1.29, 1.82) is 0 Å². The van der Waals surface area contributed by atoms with Crippen LogP contribution in [0.4, 0.5) is 17.1 Å². The van der Waals surface area contributed by atoms with E-state index in [1.807, 2.05) is 0 Å². The normalized spacial score (nSPS) is 12.6. The summed E-state index contributed by atoms with van der Waals surface area (Å²) in [5.74, 6) is 0. The van der Waals surface area contributed by atoms with Crippen LogP contribution in [0, 0.1) is 0 Å². The molecule has 1 aromatic heterocycles. The first-order chi connectivity index (χ1) is 35.3. The van der Waals surface area contributed by atoms with Crippen molar-refractivity contribution in [1.82, 2.24) is 0 Å². The van der Waals surface area contributed by atoms with Crippen LogP contribution in [-0.4, -0.2) is 0 Å². The lowest BCUT2D eigenvalue weighted by Gasteiger charge is -2.35. The smallest absolute Gasteiger partial charge is 0.143 e. The summed E-state index contributed by atoms with van der Waals surface area (Å²) in [4.78, 5) is 2.56. The molecular formula is C69H45NO. The number of rotatable bonds is 8. The second-order valence-electron chi connectivity index (χ2n) is 18.6. The molecule has 0 fully saturated rings. The van der Waals surface area contributed by atoms with Gasteiger partial charge in [0.2, 0.25) is 0 Å². The molecule has 14 rings (SSSR count). The summed E-state index contributed by atoms with van der Waals surface area (Å²) in [5, 5.41) is 7.13. The number of hydrogen-bond acceptors (Lipinski definition) is 2. The molecule has 2 heteroatoms. The molecule has 0 saturated carbocycles. The molecular weight excluding hydrogens is 859 g/mol. The van der Waals surface area contributed by atoms with Crippen LogP contribution >= 0.6 is 0 Å². The van der Waals surface area contributed by atoms with E-state index in [1.54, 1.807) is 0 Å². The average molecular weight is 904 g/mol. The largest absolute Gasteiger partial charge is 0.455 e. The number of para-hydroxylation sites is 3. The van der Waals surface area contributed by atoms with Crippen LogP contribution in [0.25, 0.3) is 88.0 Å². The molecule has 0 amide bonds. The van der Waals surface area contributed by atoms with Crippen molar-refractivity contribution in [3.05, 3.63) is 295 Å². The van der Waals surface area contributed by atoms with Crippen molar-refractivity contribution in [2.45, 2.75) is 5.41 Å². The SMILES string of the molecule is c1ccc(-c2ccc(-c3cc4ccccc4c4ccccc34)cc2N(c2ccccc2-c2cccc3c2oc2ccccc23)c2cccc3c2-c2ccccc2C3(c2ccccc2)c2ccccc2)cc1. The van der Waals surface area contributed by atoms with Gasteiger partial charge in [0.15, 0.2) is 0 Å². The zero-order chi connectivity index (χ0) is 46.9. The van der Waals surface area contributed by atoms with Gasteiger partial charge < -0.3 is 9.32 Å². The number of furan rings is 1. The third-order valence-corrected chi connectivity index (χ3v) is 14.9. The van der Waals surface area contributed by atoms with Gasteiger partial charge in [-0.2, -0.15) is 0 Å². The first-order valence-electron chi connectivity index (χ1n) is 24.5. The summed E-state index contributed by atoms with van der Waals surface area (Å²) in [6, 6.07) is 100. The molecule has 0 aliphatic heterocycles. The van der Waals surface area contributed by atoms with Crippen LogP contribution in [-0.2, 0) is 5.41 Å². The van der Waals surface area contributed by atoms with E-state index in [-0.39, 0.29) is 0 Å². The number of nitrogens with zero attached hydrogens (tertiary/aromatic N) is 1. The van der Waals surface area contributed by atoms with E-state index in [2.05, 4.69) is 278 Å². The molecule has 0 radical (unpaired) electrons. The molecule has 1 aliphatic rings. The van der Waals surface area contributed by atoms with Crippen molar-refractivity contribution in [3.63, 3.8) is 0 Å². The zero-order valence-electron chi connectivity index (χ0n) is 38.8. The van der Waals surface area contributed by atoms with E-state index >= 15 is 0 Å². The second-order valence-corrected chi connectivity index (χ2v) is 18.6. The molecule has 0 unspecified atom stereocenters. The topological polar surface area (TPSA) is 16.4 Å². The summed E-state index contributed by atoms with van der Waals surface area (Å²) in [6.07, 6.45) is 0. The van der Waals surface area contributed by atoms with Crippen LogP contribution in [0.15, 0.2) is 277 Å². The molecule has 0 saturated heterocycles. The Balaban J connectivity index is 1.12. The third-order valence-electron chi connectivity index (χ3n) is 14.9. The van der Waals surface area contributed by atoms with Crippen molar-refractivity contribution < 1.29 is 4.42 Å². The minimum Gasteiger partial charge on any atom is -0.455 e. The Morgan fingerprint density at radius 1 is 0.296 bits per heavy atom. The Hall–Kier alpha value is -9.24. The van der Waals surface area contributed by atoms with Gasteiger partial charge in [0.1, 0.15) is 11.2 Å². The van der Waals surface area contributed by atoms with Gasteiger partial charge in [0.25, 0.3) is 0 Å². The van der Waals surface area contributed by atoms with Gasteiger partial charge in [-0.15, -0.1) is 0 Å². The van der Waals surface area contributed by atoms with Crippen molar-refractivity contribution in [2.75, 3.05) is 4.90 Å². The predicted octanol–water partition coefficient (Wildman–Crippen LogP) is 18.7. The highest BCUT2D eigenvalue weighted by Crippen LogP contribution is 2.60. The fourth-order valence-corrected chi connectivity index (χ4v) is 11.9. The van der Waals surface area contributed by atoms with E-state index in [1.165, 1.54) is 60.5 Å². The first-order valence-corrected chi connectivity index (χ1v) is 24.5. The highest BCUT2D eigenvalue weighted by Gasteiger charge is 2.47.